The zero-order valence-corrected chi connectivity index (χ0v) is 26.8. The number of carbonyl (C=O) groups is 2. The van der Waals surface area contributed by atoms with Gasteiger partial charge in [-0.1, -0.05) is 0 Å². The van der Waals surface area contributed by atoms with Gasteiger partial charge in [0.2, 0.25) is 5.95 Å². The number of imidazole rings is 1. The van der Waals surface area contributed by atoms with Gasteiger partial charge in [-0.05, 0) is 73.9 Å². The molecule has 0 radical (unpaired) electrons. The maximum atomic E-state index is 13.9. The largest absolute Gasteiger partial charge is 0.494 e. The molecule has 2 aliphatic carbocycles. The molecule has 9 rings (SSSR count). The number of hydrogen-bond donors (Lipinski definition) is 2. The summed E-state index contributed by atoms with van der Waals surface area (Å²) in [5.74, 6) is 2.41. The first-order valence-electron chi connectivity index (χ1n) is 16.8. The molecular weight excluding hydrogens is 608 g/mol. The highest BCUT2D eigenvalue weighted by molar-refractivity contribution is 6.00. The standard InChI is InChI=1S/C35H38N10O3/c1-48-28-13-23(33(46)44-18-22-6-7-26(44)29(22)36)11-25-30(28)45(17-20-14-42(15-20)34(47)24-8-10-39-35(37)41-24)32(40-25)27-12-21-3-2-9-38-31(21)43(27)16-19-4-5-19/h2-3,8-13,19-20,22,26,29H,4-7,14-18,36H2,1H3,(H2,37,39,41)/t22-,26-,29-/m1/s1. The van der Waals surface area contributed by atoms with Gasteiger partial charge in [0.15, 0.2) is 5.82 Å². The van der Waals surface area contributed by atoms with Gasteiger partial charge >= 0.3 is 0 Å². The van der Waals surface area contributed by atoms with Crippen LogP contribution in [0.1, 0.15) is 46.5 Å². The van der Waals surface area contributed by atoms with Crippen molar-refractivity contribution in [3.8, 4) is 17.3 Å². The van der Waals surface area contributed by atoms with Crippen molar-refractivity contribution in [3.63, 3.8) is 0 Å². The number of anilines is 1. The molecule has 48 heavy (non-hydrogen) atoms. The van der Waals surface area contributed by atoms with Gasteiger partial charge in [0, 0.05) is 74.1 Å². The number of rotatable bonds is 8. The van der Waals surface area contributed by atoms with E-state index in [0.29, 0.717) is 54.8 Å². The van der Waals surface area contributed by atoms with E-state index >= 15 is 0 Å². The van der Waals surface area contributed by atoms with Crippen molar-refractivity contribution in [1.82, 2.24) is 38.9 Å². The number of pyridine rings is 1. The van der Waals surface area contributed by atoms with Crippen molar-refractivity contribution in [2.75, 3.05) is 32.5 Å². The summed E-state index contributed by atoms with van der Waals surface area (Å²) in [4.78, 5) is 48.9. The van der Waals surface area contributed by atoms with Gasteiger partial charge < -0.3 is 35.1 Å². The normalized spacial score (nSPS) is 22.2. The predicted octanol–water partition coefficient (Wildman–Crippen LogP) is 3.18. The zero-order chi connectivity index (χ0) is 32.7. The molecule has 2 aliphatic heterocycles. The van der Waals surface area contributed by atoms with E-state index in [1.54, 1.807) is 18.1 Å². The van der Waals surface area contributed by atoms with Crippen LogP contribution in [0.4, 0.5) is 5.95 Å². The lowest BCUT2D eigenvalue weighted by atomic mass is 9.99. The Hall–Kier alpha value is -5.04. The molecule has 13 heteroatoms. The number of fused-ring (bicyclic) bond motifs is 4. The minimum absolute atomic E-state index is 0.0282. The van der Waals surface area contributed by atoms with Gasteiger partial charge in [-0.15, -0.1) is 0 Å². The molecule has 1 aromatic carbocycles. The fourth-order valence-electron chi connectivity index (χ4n) is 8.11. The molecule has 6 heterocycles. The summed E-state index contributed by atoms with van der Waals surface area (Å²) in [6.07, 6.45) is 7.76. The third-order valence-electron chi connectivity index (χ3n) is 10.8. The molecule has 4 N–H and O–H groups in total. The highest BCUT2D eigenvalue weighted by Gasteiger charge is 2.47. The summed E-state index contributed by atoms with van der Waals surface area (Å²) < 4.78 is 10.5. The highest BCUT2D eigenvalue weighted by atomic mass is 16.5. The number of nitrogen functional groups attached to an aromatic ring is 1. The molecule has 4 aliphatic rings. The number of likely N-dealkylation sites (tertiary alicyclic amines) is 2. The summed E-state index contributed by atoms with van der Waals surface area (Å²) in [6, 6.07) is 11.7. The van der Waals surface area contributed by atoms with Crippen LogP contribution >= 0.6 is 0 Å². The first kappa shape index (κ1) is 29.1. The molecule has 2 saturated carbocycles. The minimum Gasteiger partial charge on any atom is -0.494 e. The van der Waals surface area contributed by atoms with Gasteiger partial charge in [-0.25, -0.2) is 19.9 Å². The molecule has 2 bridgehead atoms. The number of methoxy groups -OCH3 is 1. The summed E-state index contributed by atoms with van der Waals surface area (Å²) in [6.45, 7) is 3.29. The Morgan fingerprint density at radius 3 is 2.48 bits per heavy atom. The van der Waals surface area contributed by atoms with Crippen LogP contribution in [0, 0.1) is 17.8 Å². The van der Waals surface area contributed by atoms with Crippen molar-refractivity contribution in [2.45, 2.75) is 50.9 Å². The quantitative estimate of drug-likeness (QED) is 0.258. The number of hydrogen-bond acceptors (Lipinski definition) is 9. The predicted molar refractivity (Wildman–Crippen MR) is 179 cm³/mol. The molecule has 246 valence electrons. The van der Waals surface area contributed by atoms with Crippen LogP contribution in [-0.4, -0.2) is 89.5 Å². The number of benzene rings is 1. The summed E-state index contributed by atoms with van der Waals surface area (Å²) >= 11 is 0. The molecule has 2 saturated heterocycles. The van der Waals surface area contributed by atoms with Crippen LogP contribution in [0.15, 0.2) is 48.8 Å². The van der Waals surface area contributed by atoms with Crippen molar-refractivity contribution >= 4 is 39.8 Å². The number of carbonyl (C=O) groups excluding carboxylic acids is 2. The fourth-order valence-corrected chi connectivity index (χ4v) is 8.11. The van der Waals surface area contributed by atoms with Crippen LogP contribution < -0.4 is 16.2 Å². The van der Waals surface area contributed by atoms with Gasteiger partial charge in [0.05, 0.1) is 18.3 Å². The molecule has 0 spiro atoms. The van der Waals surface area contributed by atoms with Gasteiger partial charge in [-0.2, -0.15) is 0 Å². The fraction of sp³-hybridized carbons (Fsp3) is 0.429. The number of nitrogens with two attached hydrogens (primary N) is 2. The van der Waals surface area contributed by atoms with E-state index in [-0.39, 0.29) is 41.5 Å². The Bertz CT molecular complexity index is 2100. The van der Waals surface area contributed by atoms with Crippen LogP contribution in [0.3, 0.4) is 0 Å². The average molecular weight is 647 g/mol. The van der Waals surface area contributed by atoms with Gasteiger partial charge in [-0.3, -0.25) is 9.59 Å². The van der Waals surface area contributed by atoms with Crippen molar-refractivity contribution in [3.05, 3.63) is 60.0 Å². The third-order valence-corrected chi connectivity index (χ3v) is 10.8. The Balaban J connectivity index is 1.12. The van der Waals surface area contributed by atoms with E-state index in [1.807, 2.05) is 29.3 Å². The zero-order valence-electron chi connectivity index (χ0n) is 26.8. The highest BCUT2D eigenvalue weighted by Crippen LogP contribution is 2.41. The van der Waals surface area contributed by atoms with E-state index in [4.69, 9.17) is 26.2 Å². The van der Waals surface area contributed by atoms with E-state index in [0.717, 1.165) is 47.5 Å². The molecular formula is C35H38N10O3. The van der Waals surface area contributed by atoms with Gasteiger partial charge in [0.1, 0.15) is 22.6 Å². The summed E-state index contributed by atoms with van der Waals surface area (Å²) in [5, 5.41) is 1.06. The average Bonchev–Trinajstić information content (AvgIpc) is 3.43. The van der Waals surface area contributed by atoms with E-state index < -0.39 is 0 Å². The molecule has 4 fully saturated rings. The number of nitrogens with zero attached hydrogens (tertiary/aromatic N) is 8. The Labute approximate surface area is 276 Å². The maximum Gasteiger partial charge on any atom is 0.272 e. The van der Waals surface area contributed by atoms with E-state index in [9.17, 15) is 9.59 Å². The Morgan fingerprint density at radius 2 is 1.75 bits per heavy atom. The SMILES string of the molecule is COc1cc(C(=O)N2C[C@H]3CC[C@@H]2[C@@H]3N)cc2nc(-c3cc4cccnc4n3CC3CC3)n(CC3CN(C(=O)c4ccnc(N)n4)C3)c12. The Kier molecular flexibility index (Phi) is 6.68. The smallest absolute Gasteiger partial charge is 0.272 e. The second-order valence-electron chi connectivity index (χ2n) is 13.9. The third kappa shape index (κ3) is 4.70. The van der Waals surface area contributed by atoms with Crippen LogP contribution in [-0.2, 0) is 13.1 Å². The van der Waals surface area contributed by atoms with Crippen molar-refractivity contribution in [2.24, 2.45) is 23.5 Å². The van der Waals surface area contributed by atoms with Crippen LogP contribution in [0.25, 0.3) is 33.6 Å². The minimum atomic E-state index is -0.164. The second-order valence-corrected chi connectivity index (χ2v) is 13.9. The molecule has 4 aromatic heterocycles. The molecule has 2 amide bonds. The van der Waals surface area contributed by atoms with Gasteiger partial charge in [0.25, 0.3) is 11.8 Å². The number of piperidine rings is 1. The summed E-state index contributed by atoms with van der Waals surface area (Å²) in [5.41, 5.74) is 16.5. The van der Waals surface area contributed by atoms with E-state index in [2.05, 4.69) is 31.2 Å². The molecule has 3 atom stereocenters. The summed E-state index contributed by atoms with van der Waals surface area (Å²) in [7, 11) is 1.64. The topological polar surface area (TPSA) is 163 Å². The number of amides is 2. The molecule has 0 unspecified atom stereocenters. The first-order chi connectivity index (χ1) is 23.4. The molecule has 5 aromatic rings. The van der Waals surface area contributed by atoms with Crippen molar-refractivity contribution in [1.29, 1.82) is 0 Å². The lowest BCUT2D eigenvalue weighted by Gasteiger charge is -2.39. The van der Waals surface area contributed by atoms with Crippen LogP contribution in [0.2, 0.25) is 0 Å². The van der Waals surface area contributed by atoms with Crippen molar-refractivity contribution < 1.29 is 14.3 Å². The second kappa shape index (κ2) is 11.0. The number of ether oxygens (including phenoxy) is 1. The first-order valence-corrected chi connectivity index (χ1v) is 16.8. The van der Waals surface area contributed by atoms with Crippen LogP contribution in [0.5, 0.6) is 5.75 Å². The maximum absolute atomic E-state index is 13.9. The Morgan fingerprint density at radius 1 is 0.917 bits per heavy atom. The van der Waals surface area contributed by atoms with E-state index in [1.165, 1.54) is 19.0 Å². The molecule has 13 nitrogen and oxygen atoms in total. The number of aromatic nitrogens is 6. The lowest BCUT2D eigenvalue weighted by Crippen LogP contribution is -2.51. The monoisotopic (exact) mass is 646 g/mol. The lowest BCUT2D eigenvalue weighted by molar-refractivity contribution is 0.0465.